The van der Waals surface area contributed by atoms with Gasteiger partial charge in [0.05, 0.1) is 0 Å². The predicted octanol–water partition coefficient (Wildman–Crippen LogP) is 2.75. The molecule has 3 heteroatoms. The average molecular weight is 174 g/mol. The van der Waals surface area contributed by atoms with Crippen molar-refractivity contribution < 1.29 is 14.9 Å². The van der Waals surface area contributed by atoms with Crippen molar-refractivity contribution in [3.8, 4) is 0 Å². The zero-order chi connectivity index (χ0) is 9.23. The van der Waals surface area contributed by atoms with Crippen molar-refractivity contribution in [3.63, 3.8) is 0 Å². The molecule has 0 spiro atoms. The van der Waals surface area contributed by atoms with Crippen LogP contribution >= 0.6 is 0 Å². The van der Waals surface area contributed by atoms with E-state index in [0.717, 1.165) is 12.8 Å². The lowest BCUT2D eigenvalue weighted by Crippen LogP contribution is -1.99. The van der Waals surface area contributed by atoms with E-state index in [-0.39, 0.29) is 0 Å². The summed E-state index contributed by atoms with van der Waals surface area (Å²) in [4.78, 5) is 14.0. The van der Waals surface area contributed by atoms with E-state index in [1.165, 1.54) is 25.7 Å². The molecule has 0 saturated carbocycles. The van der Waals surface area contributed by atoms with Crippen LogP contribution < -0.4 is 0 Å². The van der Waals surface area contributed by atoms with Crippen LogP contribution in [0.4, 0.5) is 0 Å². The molecule has 0 fully saturated rings. The summed E-state index contributed by atoms with van der Waals surface area (Å²) in [5.74, 6) is -0.523. The molecule has 0 unspecified atom stereocenters. The quantitative estimate of drug-likeness (QED) is 0.366. The van der Waals surface area contributed by atoms with Crippen LogP contribution in [0.3, 0.4) is 0 Å². The van der Waals surface area contributed by atoms with Crippen molar-refractivity contribution in [2.75, 3.05) is 0 Å². The fraction of sp³-hybridized carbons (Fsp3) is 0.889. The van der Waals surface area contributed by atoms with E-state index in [1.807, 2.05) is 0 Å². The number of hydrogen-bond donors (Lipinski definition) is 1. The third kappa shape index (κ3) is 7.54. The first kappa shape index (κ1) is 11.4. The fourth-order valence-corrected chi connectivity index (χ4v) is 1.10. The Balaban J connectivity index is 2.95. The zero-order valence-electron chi connectivity index (χ0n) is 7.71. The van der Waals surface area contributed by atoms with E-state index in [4.69, 9.17) is 5.26 Å². The van der Waals surface area contributed by atoms with Crippen LogP contribution in [-0.2, 0) is 9.68 Å². The van der Waals surface area contributed by atoms with Gasteiger partial charge in [-0.25, -0.2) is 4.79 Å². The Labute approximate surface area is 73.7 Å². The van der Waals surface area contributed by atoms with Crippen LogP contribution in [0.15, 0.2) is 0 Å². The van der Waals surface area contributed by atoms with Gasteiger partial charge < -0.3 is 4.89 Å². The number of rotatable bonds is 7. The molecule has 0 aliphatic rings. The van der Waals surface area contributed by atoms with Gasteiger partial charge in [-0.2, -0.15) is 5.26 Å². The fourth-order valence-electron chi connectivity index (χ4n) is 1.10. The molecule has 0 amide bonds. The first-order valence-corrected chi connectivity index (χ1v) is 4.65. The van der Waals surface area contributed by atoms with Gasteiger partial charge in [0.25, 0.3) is 0 Å². The summed E-state index contributed by atoms with van der Waals surface area (Å²) in [5, 5.41) is 7.93. The van der Waals surface area contributed by atoms with Gasteiger partial charge in [-0.15, -0.1) is 0 Å². The lowest BCUT2D eigenvalue weighted by atomic mass is 10.1. The van der Waals surface area contributed by atoms with Gasteiger partial charge in [0.2, 0.25) is 0 Å². The second kappa shape index (κ2) is 8.53. The highest BCUT2D eigenvalue weighted by molar-refractivity contribution is 5.68. The van der Waals surface area contributed by atoms with Crippen LogP contribution in [0.5, 0.6) is 0 Å². The van der Waals surface area contributed by atoms with E-state index in [9.17, 15) is 4.79 Å². The Bertz CT molecular complexity index is 112. The Morgan fingerprint density at radius 3 is 2.33 bits per heavy atom. The monoisotopic (exact) mass is 174 g/mol. The van der Waals surface area contributed by atoms with E-state index in [1.54, 1.807) is 0 Å². The van der Waals surface area contributed by atoms with Crippen molar-refractivity contribution >= 4 is 5.97 Å². The minimum atomic E-state index is -0.523. The molecule has 0 bridgehead atoms. The number of carbonyl (C=O) groups is 1. The first-order valence-electron chi connectivity index (χ1n) is 4.65. The van der Waals surface area contributed by atoms with Crippen LogP contribution in [0, 0.1) is 0 Å². The molecule has 0 rings (SSSR count). The van der Waals surface area contributed by atoms with Crippen molar-refractivity contribution in [2.45, 2.75) is 51.9 Å². The Hall–Kier alpha value is -0.570. The second-order valence-corrected chi connectivity index (χ2v) is 2.98. The molecular weight excluding hydrogens is 156 g/mol. The van der Waals surface area contributed by atoms with Crippen LogP contribution in [0.25, 0.3) is 0 Å². The Kier molecular flexibility index (Phi) is 8.12. The largest absolute Gasteiger partial charge is 0.342 e. The third-order valence-electron chi connectivity index (χ3n) is 1.84. The molecule has 0 aromatic carbocycles. The van der Waals surface area contributed by atoms with E-state index < -0.39 is 5.97 Å². The normalized spacial score (nSPS) is 9.83. The molecule has 0 aromatic rings. The molecule has 72 valence electrons. The minimum absolute atomic E-state index is 0.336. The molecular formula is C9H18O3. The van der Waals surface area contributed by atoms with Crippen molar-refractivity contribution in [1.82, 2.24) is 0 Å². The van der Waals surface area contributed by atoms with Crippen LogP contribution in [0.2, 0.25) is 0 Å². The summed E-state index contributed by atoms with van der Waals surface area (Å²) in [6.07, 6.45) is 7.13. The minimum Gasteiger partial charge on any atom is -0.301 e. The highest BCUT2D eigenvalue weighted by Crippen LogP contribution is 2.06. The summed E-state index contributed by atoms with van der Waals surface area (Å²) < 4.78 is 0. The Morgan fingerprint density at radius 2 is 1.75 bits per heavy atom. The molecule has 0 aliphatic carbocycles. The molecule has 1 N–H and O–H groups in total. The highest BCUT2D eigenvalue weighted by Gasteiger charge is 2.00. The van der Waals surface area contributed by atoms with Gasteiger partial charge in [-0.1, -0.05) is 39.0 Å². The number of hydrogen-bond acceptors (Lipinski definition) is 3. The van der Waals surface area contributed by atoms with Gasteiger partial charge in [-0.05, 0) is 6.42 Å². The lowest BCUT2D eigenvalue weighted by molar-refractivity contribution is -0.234. The van der Waals surface area contributed by atoms with E-state index in [2.05, 4.69) is 11.8 Å². The highest BCUT2D eigenvalue weighted by atomic mass is 17.1. The summed E-state index contributed by atoms with van der Waals surface area (Å²) >= 11 is 0. The maximum atomic E-state index is 10.4. The van der Waals surface area contributed by atoms with Gasteiger partial charge in [0, 0.05) is 6.42 Å². The van der Waals surface area contributed by atoms with E-state index in [0.29, 0.717) is 6.42 Å². The molecule has 0 radical (unpaired) electrons. The zero-order valence-corrected chi connectivity index (χ0v) is 7.71. The molecule has 0 atom stereocenters. The summed E-state index contributed by atoms with van der Waals surface area (Å²) in [6.45, 7) is 2.17. The maximum Gasteiger partial charge on any atom is 0.342 e. The molecule has 0 aliphatic heterocycles. The SMILES string of the molecule is CCCCCCCCC(=O)OO. The average Bonchev–Trinajstić information content (AvgIpc) is 2.10. The number of carbonyl (C=O) groups excluding carboxylic acids is 1. The summed E-state index contributed by atoms with van der Waals surface area (Å²) in [7, 11) is 0. The van der Waals surface area contributed by atoms with E-state index >= 15 is 0 Å². The van der Waals surface area contributed by atoms with Crippen molar-refractivity contribution in [1.29, 1.82) is 0 Å². The van der Waals surface area contributed by atoms with Gasteiger partial charge >= 0.3 is 5.97 Å². The lowest BCUT2D eigenvalue weighted by Gasteiger charge is -1.98. The molecule has 0 saturated heterocycles. The molecule has 12 heavy (non-hydrogen) atoms. The maximum absolute atomic E-state index is 10.4. The molecule has 0 aromatic heterocycles. The smallest absolute Gasteiger partial charge is 0.301 e. The predicted molar refractivity (Wildman–Crippen MR) is 46.7 cm³/mol. The van der Waals surface area contributed by atoms with Crippen molar-refractivity contribution in [3.05, 3.63) is 0 Å². The topological polar surface area (TPSA) is 46.5 Å². The first-order chi connectivity index (χ1) is 5.81. The van der Waals surface area contributed by atoms with Gasteiger partial charge in [-0.3, -0.25) is 0 Å². The number of unbranched alkanes of at least 4 members (excludes halogenated alkanes) is 5. The third-order valence-corrected chi connectivity index (χ3v) is 1.84. The van der Waals surface area contributed by atoms with Crippen LogP contribution in [-0.4, -0.2) is 11.2 Å². The standard InChI is InChI=1S/C9H18O3/c1-2-3-4-5-6-7-8-9(10)12-11/h11H,2-8H2,1H3. The van der Waals surface area contributed by atoms with Gasteiger partial charge in [0.1, 0.15) is 0 Å². The van der Waals surface area contributed by atoms with Gasteiger partial charge in [0.15, 0.2) is 0 Å². The Morgan fingerprint density at radius 1 is 1.17 bits per heavy atom. The molecule has 0 heterocycles. The second-order valence-electron chi connectivity index (χ2n) is 2.98. The van der Waals surface area contributed by atoms with Crippen molar-refractivity contribution in [2.24, 2.45) is 0 Å². The summed E-state index contributed by atoms with van der Waals surface area (Å²) in [5.41, 5.74) is 0. The summed E-state index contributed by atoms with van der Waals surface area (Å²) in [6, 6.07) is 0. The van der Waals surface area contributed by atoms with Crippen LogP contribution in [0.1, 0.15) is 51.9 Å². The molecule has 3 nitrogen and oxygen atoms in total.